The highest BCUT2D eigenvalue weighted by Gasteiger charge is 2.58. The quantitative estimate of drug-likeness (QED) is 0.801. The first-order valence-electron chi connectivity index (χ1n) is 8.09. The standard InChI is InChI=1S/C18H22O4/c1-2-14-15(19-12-13-8-4-3-5-9-13)16-17(20-14)22-18(21-16)10-6-7-11-18/h2-5,8-9,14-17H,1,6-7,10-12H2/t14-,15+,16-,17-/m1/s1. The Morgan fingerprint density at radius 3 is 2.68 bits per heavy atom. The Labute approximate surface area is 131 Å². The highest BCUT2D eigenvalue weighted by Crippen LogP contribution is 2.46. The van der Waals surface area contributed by atoms with Crippen LogP contribution in [-0.4, -0.2) is 30.4 Å². The van der Waals surface area contributed by atoms with E-state index in [2.05, 4.69) is 18.7 Å². The first-order valence-corrected chi connectivity index (χ1v) is 8.09. The molecule has 1 saturated carbocycles. The summed E-state index contributed by atoms with van der Waals surface area (Å²) < 4.78 is 24.4. The lowest BCUT2D eigenvalue weighted by molar-refractivity contribution is -0.228. The van der Waals surface area contributed by atoms with Crippen molar-refractivity contribution >= 4 is 0 Å². The van der Waals surface area contributed by atoms with E-state index in [1.54, 1.807) is 6.08 Å². The van der Waals surface area contributed by atoms with Gasteiger partial charge < -0.3 is 18.9 Å². The van der Waals surface area contributed by atoms with Crippen LogP contribution in [0.4, 0.5) is 0 Å². The molecule has 0 amide bonds. The second-order valence-corrected chi connectivity index (χ2v) is 6.28. The van der Waals surface area contributed by atoms with Gasteiger partial charge in [0.05, 0.1) is 6.61 Å². The van der Waals surface area contributed by atoms with Gasteiger partial charge in [0, 0.05) is 12.8 Å². The minimum Gasteiger partial charge on any atom is -0.368 e. The minimum absolute atomic E-state index is 0.162. The zero-order valence-electron chi connectivity index (χ0n) is 12.6. The van der Waals surface area contributed by atoms with Gasteiger partial charge in [-0.1, -0.05) is 36.4 Å². The van der Waals surface area contributed by atoms with Crippen molar-refractivity contribution < 1.29 is 18.9 Å². The van der Waals surface area contributed by atoms with Crippen molar-refractivity contribution in [3.8, 4) is 0 Å². The van der Waals surface area contributed by atoms with E-state index in [0.29, 0.717) is 6.61 Å². The third-order valence-electron chi connectivity index (χ3n) is 4.77. The fraction of sp³-hybridized carbons (Fsp3) is 0.556. The normalized spacial score (nSPS) is 35.8. The number of hydrogen-bond acceptors (Lipinski definition) is 4. The molecule has 1 aromatic carbocycles. The average molecular weight is 302 g/mol. The Morgan fingerprint density at radius 1 is 1.18 bits per heavy atom. The second-order valence-electron chi connectivity index (χ2n) is 6.28. The summed E-state index contributed by atoms with van der Waals surface area (Å²) in [5, 5.41) is 0. The molecule has 0 N–H and O–H groups in total. The lowest BCUT2D eigenvalue weighted by Crippen LogP contribution is -2.37. The molecule has 1 spiro atoms. The van der Waals surface area contributed by atoms with E-state index >= 15 is 0 Å². The van der Waals surface area contributed by atoms with Gasteiger partial charge in [0.15, 0.2) is 12.1 Å². The van der Waals surface area contributed by atoms with E-state index in [1.807, 2.05) is 18.2 Å². The number of ether oxygens (including phenoxy) is 4. The van der Waals surface area contributed by atoms with Crippen LogP contribution >= 0.6 is 0 Å². The molecule has 0 aromatic heterocycles. The molecule has 2 heterocycles. The number of hydrogen-bond donors (Lipinski definition) is 0. The Kier molecular flexibility index (Phi) is 3.78. The summed E-state index contributed by atoms with van der Waals surface area (Å²) in [5.74, 6) is -0.435. The lowest BCUT2D eigenvalue weighted by Gasteiger charge is -2.27. The second kappa shape index (κ2) is 5.78. The Morgan fingerprint density at radius 2 is 1.95 bits per heavy atom. The van der Waals surface area contributed by atoms with Crippen LogP contribution in [0.15, 0.2) is 43.0 Å². The van der Waals surface area contributed by atoms with Crippen LogP contribution in [-0.2, 0) is 25.6 Å². The molecule has 2 aliphatic heterocycles. The van der Waals surface area contributed by atoms with Crippen molar-refractivity contribution in [3.05, 3.63) is 48.6 Å². The van der Waals surface area contributed by atoms with Crippen LogP contribution in [0.1, 0.15) is 31.2 Å². The van der Waals surface area contributed by atoms with E-state index in [4.69, 9.17) is 18.9 Å². The molecular formula is C18H22O4. The Bertz CT molecular complexity index is 523. The third kappa shape index (κ3) is 2.50. The summed E-state index contributed by atoms with van der Waals surface area (Å²) in [5.41, 5.74) is 1.14. The van der Waals surface area contributed by atoms with Crippen molar-refractivity contribution in [3.63, 3.8) is 0 Å². The monoisotopic (exact) mass is 302 g/mol. The zero-order chi connectivity index (χ0) is 15.0. The molecule has 0 bridgehead atoms. The van der Waals surface area contributed by atoms with Gasteiger partial charge in [-0.3, -0.25) is 0 Å². The van der Waals surface area contributed by atoms with E-state index in [1.165, 1.54) is 0 Å². The topological polar surface area (TPSA) is 36.9 Å². The maximum atomic E-state index is 6.25. The van der Waals surface area contributed by atoms with E-state index < -0.39 is 5.79 Å². The molecule has 4 heteroatoms. The molecule has 118 valence electrons. The molecule has 1 aliphatic carbocycles. The highest BCUT2D eigenvalue weighted by atomic mass is 16.8. The average Bonchev–Trinajstić information content (AvgIpc) is 3.22. The van der Waals surface area contributed by atoms with Gasteiger partial charge in [-0.05, 0) is 18.4 Å². The molecule has 3 fully saturated rings. The molecule has 4 atom stereocenters. The summed E-state index contributed by atoms with van der Waals surface area (Å²) in [6.07, 6.45) is 5.15. The molecule has 3 aliphatic rings. The number of benzene rings is 1. The first-order chi connectivity index (χ1) is 10.8. The van der Waals surface area contributed by atoms with Crippen molar-refractivity contribution in [1.29, 1.82) is 0 Å². The summed E-state index contributed by atoms with van der Waals surface area (Å²) in [4.78, 5) is 0. The van der Waals surface area contributed by atoms with Gasteiger partial charge in [0.2, 0.25) is 0 Å². The van der Waals surface area contributed by atoms with Gasteiger partial charge in [-0.25, -0.2) is 0 Å². The smallest absolute Gasteiger partial charge is 0.190 e. The maximum Gasteiger partial charge on any atom is 0.190 e. The zero-order valence-corrected chi connectivity index (χ0v) is 12.6. The fourth-order valence-electron chi connectivity index (χ4n) is 3.65. The first kappa shape index (κ1) is 14.4. The minimum atomic E-state index is -0.435. The third-order valence-corrected chi connectivity index (χ3v) is 4.77. The van der Waals surface area contributed by atoms with Crippen LogP contribution in [0.3, 0.4) is 0 Å². The number of fused-ring (bicyclic) bond motifs is 1. The molecule has 0 unspecified atom stereocenters. The van der Waals surface area contributed by atoms with Crippen LogP contribution in [0.2, 0.25) is 0 Å². The molecule has 4 nitrogen and oxygen atoms in total. The fourth-order valence-corrected chi connectivity index (χ4v) is 3.65. The summed E-state index contributed by atoms with van der Waals surface area (Å²) >= 11 is 0. The Balaban J connectivity index is 1.46. The van der Waals surface area contributed by atoms with E-state index in [9.17, 15) is 0 Å². The van der Waals surface area contributed by atoms with Crippen LogP contribution in [0, 0.1) is 0 Å². The van der Waals surface area contributed by atoms with Gasteiger partial charge in [-0.2, -0.15) is 0 Å². The number of rotatable bonds is 4. The molecule has 22 heavy (non-hydrogen) atoms. The largest absolute Gasteiger partial charge is 0.368 e. The van der Waals surface area contributed by atoms with E-state index in [-0.39, 0.29) is 24.6 Å². The van der Waals surface area contributed by atoms with Crippen LogP contribution in [0.5, 0.6) is 0 Å². The predicted octanol–water partition coefficient (Wildman–Crippen LogP) is 3.17. The van der Waals surface area contributed by atoms with E-state index in [0.717, 1.165) is 31.2 Å². The van der Waals surface area contributed by atoms with Gasteiger partial charge in [0.1, 0.15) is 18.3 Å². The summed E-state index contributed by atoms with van der Waals surface area (Å²) in [6, 6.07) is 10.1. The van der Waals surface area contributed by atoms with Crippen molar-refractivity contribution in [2.45, 2.75) is 62.7 Å². The van der Waals surface area contributed by atoms with Crippen molar-refractivity contribution in [2.24, 2.45) is 0 Å². The molecule has 0 radical (unpaired) electrons. The highest BCUT2D eigenvalue weighted by molar-refractivity contribution is 5.14. The van der Waals surface area contributed by atoms with Crippen LogP contribution in [0.25, 0.3) is 0 Å². The summed E-state index contributed by atoms with van der Waals surface area (Å²) in [6.45, 7) is 4.39. The molecule has 2 saturated heterocycles. The summed E-state index contributed by atoms with van der Waals surface area (Å²) in [7, 11) is 0. The maximum absolute atomic E-state index is 6.25. The molecule has 1 aromatic rings. The SMILES string of the molecule is C=C[C@H]1O[C@@H]2OC3(CCCC3)O[C@@H]2[C@H]1OCc1ccccc1. The van der Waals surface area contributed by atoms with Crippen molar-refractivity contribution in [1.82, 2.24) is 0 Å². The van der Waals surface area contributed by atoms with Gasteiger partial charge in [-0.15, -0.1) is 6.58 Å². The Hall–Kier alpha value is -1.20. The van der Waals surface area contributed by atoms with Gasteiger partial charge in [0.25, 0.3) is 0 Å². The van der Waals surface area contributed by atoms with Crippen LogP contribution < -0.4 is 0 Å². The van der Waals surface area contributed by atoms with Gasteiger partial charge >= 0.3 is 0 Å². The van der Waals surface area contributed by atoms with Crippen molar-refractivity contribution in [2.75, 3.05) is 0 Å². The molecule has 4 rings (SSSR count). The lowest BCUT2D eigenvalue weighted by atomic mass is 10.1. The predicted molar refractivity (Wildman–Crippen MR) is 81.0 cm³/mol. The molecular weight excluding hydrogens is 280 g/mol.